The Balaban J connectivity index is 2.86. The van der Waals surface area contributed by atoms with Crippen molar-refractivity contribution in [1.82, 2.24) is 10.0 Å². The average Bonchev–Trinajstić information content (AvgIpc) is 2.48. The van der Waals surface area contributed by atoms with Crippen LogP contribution in [-0.2, 0) is 10.0 Å². The number of hydrogen-bond acceptors (Lipinski definition) is 3. The second kappa shape index (κ2) is 7.76. The van der Waals surface area contributed by atoms with Crippen LogP contribution in [0.3, 0.4) is 0 Å². The highest BCUT2D eigenvalue weighted by atomic mass is 32.2. The molecule has 0 saturated carbocycles. The molecule has 1 rings (SSSR count). The molecule has 5 heteroatoms. The summed E-state index contributed by atoms with van der Waals surface area (Å²) in [5, 5.41) is 3.54. The lowest BCUT2D eigenvalue weighted by molar-refractivity contribution is 0.438. The molecule has 20 heavy (non-hydrogen) atoms. The highest BCUT2D eigenvalue weighted by molar-refractivity contribution is 7.89. The Morgan fingerprint density at radius 2 is 1.75 bits per heavy atom. The van der Waals surface area contributed by atoms with Crippen molar-refractivity contribution in [2.75, 3.05) is 13.6 Å². The van der Waals surface area contributed by atoms with Crippen LogP contribution in [0.25, 0.3) is 0 Å². The second-order valence-electron chi connectivity index (χ2n) is 5.03. The summed E-state index contributed by atoms with van der Waals surface area (Å²) in [6.07, 6.45) is 2.17. The van der Waals surface area contributed by atoms with Crippen LogP contribution in [0.1, 0.15) is 45.1 Å². The van der Waals surface area contributed by atoms with Crippen molar-refractivity contribution < 1.29 is 8.42 Å². The molecule has 0 aliphatic heterocycles. The molecule has 0 aliphatic carbocycles. The normalized spacial score (nSPS) is 15.0. The van der Waals surface area contributed by atoms with E-state index in [1.165, 1.54) is 7.05 Å². The molecule has 1 aromatic rings. The van der Waals surface area contributed by atoms with Crippen molar-refractivity contribution in [2.45, 2.75) is 50.5 Å². The fourth-order valence-electron chi connectivity index (χ4n) is 2.31. The van der Waals surface area contributed by atoms with E-state index in [1.54, 1.807) is 12.1 Å². The van der Waals surface area contributed by atoms with E-state index >= 15 is 0 Å². The predicted molar refractivity (Wildman–Crippen MR) is 83.5 cm³/mol. The van der Waals surface area contributed by atoms with Crippen LogP contribution in [0.2, 0.25) is 0 Å². The maximum absolute atomic E-state index is 11.7. The summed E-state index contributed by atoms with van der Waals surface area (Å²) in [5.74, 6) is 0.359. The van der Waals surface area contributed by atoms with Gasteiger partial charge in [0.2, 0.25) is 10.0 Å². The van der Waals surface area contributed by atoms with E-state index in [2.05, 4.69) is 30.8 Å². The smallest absolute Gasteiger partial charge is 0.240 e. The molecule has 0 fully saturated rings. The molecule has 0 heterocycles. The van der Waals surface area contributed by atoms with Crippen molar-refractivity contribution in [3.8, 4) is 0 Å². The molecule has 2 N–H and O–H groups in total. The van der Waals surface area contributed by atoms with Crippen LogP contribution in [0, 0.1) is 0 Å². The third-order valence-corrected chi connectivity index (χ3v) is 5.12. The Hall–Kier alpha value is -0.910. The van der Waals surface area contributed by atoms with Crippen molar-refractivity contribution in [1.29, 1.82) is 0 Å². The van der Waals surface area contributed by atoms with Gasteiger partial charge in [0.25, 0.3) is 0 Å². The first-order valence-electron chi connectivity index (χ1n) is 7.23. The summed E-state index contributed by atoms with van der Waals surface area (Å²) in [7, 11) is -1.92. The summed E-state index contributed by atoms with van der Waals surface area (Å²) in [4.78, 5) is 0.311. The van der Waals surface area contributed by atoms with Gasteiger partial charge in [-0.15, -0.1) is 0 Å². The Kier molecular flexibility index (Phi) is 6.65. The lowest BCUT2D eigenvalue weighted by atomic mass is 9.91. The third kappa shape index (κ3) is 4.30. The summed E-state index contributed by atoms with van der Waals surface area (Å²) in [6, 6.07) is 7.58. The van der Waals surface area contributed by atoms with Crippen molar-refractivity contribution >= 4 is 10.0 Å². The van der Waals surface area contributed by atoms with Gasteiger partial charge in [0.1, 0.15) is 0 Å². The van der Waals surface area contributed by atoms with E-state index in [4.69, 9.17) is 0 Å². The zero-order valence-corrected chi connectivity index (χ0v) is 13.6. The summed E-state index contributed by atoms with van der Waals surface area (Å²) < 4.78 is 25.7. The first kappa shape index (κ1) is 17.1. The Morgan fingerprint density at radius 3 is 2.20 bits per heavy atom. The molecule has 0 aromatic heterocycles. The number of sulfonamides is 1. The van der Waals surface area contributed by atoms with Gasteiger partial charge in [0.05, 0.1) is 4.90 Å². The standard InChI is InChI=1S/C15H26N2O2S/c1-5-11-17-15(6-2)12(3)13-7-9-14(10-8-13)20(18,19)16-4/h7-10,12,15-17H,5-6,11H2,1-4H3. The molecule has 0 bridgehead atoms. The summed E-state index contributed by atoms with van der Waals surface area (Å²) in [5.41, 5.74) is 1.16. The highest BCUT2D eigenvalue weighted by Gasteiger charge is 2.17. The number of nitrogens with one attached hydrogen (secondary N) is 2. The fourth-order valence-corrected chi connectivity index (χ4v) is 3.04. The number of hydrogen-bond donors (Lipinski definition) is 2. The zero-order valence-electron chi connectivity index (χ0n) is 12.8. The molecule has 0 spiro atoms. The molecule has 114 valence electrons. The van der Waals surface area contributed by atoms with Crippen LogP contribution in [0.5, 0.6) is 0 Å². The maximum Gasteiger partial charge on any atom is 0.240 e. The second-order valence-corrected chi connectivity index (χ2v) is 6.92. The van der Waals surface area contributed by atoms with Crippen LogP contribution < -0.4 is 10.0 Å². The van der Waals surface area contributed by atoms with E-state index in [1.807, 2.05) is 12.1 Å². The highest BCUT2D eigenvalue weighted by Crippen LogP contribution is 2.22. The Morgan fingerprint density at radius 1 is 1.15 bits per heavy atom. The van der Waals surface area contributed by atoms with Crippen LogP contribution in [-0.4, -0.2) is 28.1 Å². The van der Waals surface area contributed by atoms with E-state index in [-0.39, 0.29) is 0 Å². The summed E-state index contributed by atoms with van der Waals surface area (Å²) in [6.45, 7) is 7.51. The lowest BCUT2D eigenvalue weighted by Gasteiger charge is -2.24. The molecule has 0 amide bonds. The Bertz CT molecular complexity index is 497. The fraction of sp³-hybridized carbons (Fsp3) is 0.600. The molecule has 1 aromatic carbocycles. The van der Waals surface area contributed by atoms with E-state index in [0.717, 1.165) is 24.9 Å². The molecule has 0 radical (unpaired) electrons. The molecule has 2 atom stereocenters. The monoisotopic (exact) mass is 298 g/mol. The quantitative estimate of drug-likeness (QED) is 0.775. The van der Waals surface area contributed by atoms with Gasteiger partial charge in [-0.25, -0.2) is 13.1 Å². The van der Waals surface area contributed by atoms with Crippen molar-refractivity contribution in [3.63, 3.8) is 0 Å². The zero-order chi connectivity index (χ0) is 15.2. The van der Waals surface area contributed by atoms with Gasteiger partial charge < -0.3 is 5.32 Å². The van der Waals surface area contributed by atoms with Crippen LogP contribution >= 0.6 is 0 Å². The number of rotatable bonds is 8. The van der Waals surface area contributed by atoms with Crippen LogP contribution in [0.4, 0.5) is 0 Å². The van der Waals surface area contributed by atoms with E-state index in [9.17, 15) is 8.42 Å². The minimum Gasteiger partial charge on any atom is -0.313 e. The Labute approximate surface area is 123 Å². The molecule has 2 unspecified atom stereocenters. The topological polar surface area (TPSA) is 58.2 Å². The largest absolute Gasteiger partial charge is 0.313 e. The lowest BCUT2D eigenvalue weighted by Crippen LogP contribution is -2.33. The minimum atomic E-state index is -3.35. The average molecular weight is 298 g/mol. The SMILES string of the molecule is CCCNC(CC)C(C)c1ccc(S(=O)(=O)NC)cc1. The number of benzene rings is 1. The van der Waals surface area contributed by atoms with Gasteiger partial charge >= 0.3 is 0 Å². The van der Waals surface area contributed by atoms with Gasteiger partial charge in [0, 0.05) is 6.04 Å². The van der Waals surface area contributed by atoms with Crippen molar-refractivity contribution in [2.24, 2.45) is 0 Å². The van der Waals surface area contributed by atoms with Crippen LogP contribution in [0.15, 0.2) is 29.2 Å². The molecular formula is C15H26N2O2S. The predicted octanol–water partition coefficient (Wildman–Crippen LogP) is 2.48. The van der Waals surface area contributed by atoms with Gasteiger partial charge in [-0.2, -0.15) is 0 Å². The molecule has 4 nitrogen and oxygen atoms in total. The molecular weight excluding hydrogens is 272 g/mol. The summed E-state index contributed by atoms with van der Waals surface area (Å²) >= 11 is 0. The van der Waals surface area contributed by atoms with E-state index in [0.29, 0.717) is 16.9 Å². The van der Waals surface area contributed by atoms with Gasteiger partial charge in [-0.1, -0.05) is 32.9 Å². The minimum absolute atomic E-state index is 0.311. The molecule has 0 aliphatic rings. The van der Waals surface area contributed by atoms with Gasteiger partial charge in [-0.3, -0.25) is 0 Å². The first-order valence-corrected chi connectivity index (χ1v) is 8.71. The van der Waals surface area contributed by atoms with Gasteiger partial charge in [0.15, 0.2) is 0 Å². The van der Waals surface area contributed by atoms with Crippen molar-refractivity contribution in [3.05, 3.63) is 29.8 Å². The maximum atomic E-state index is 11.7. The van der Waals surface area contributed by atoms with E-state index < -0.39 is 10.0 Å². The van der Waals surface area contributed by atoms with Gasteiger partial charge in [-0.05, 0) is 50.0 Å². The first-order chi connectivity index (χ1) is 9.46. The molecule has 0 saturated heterocycles. The third-order valence-electron chi connectivity index (χ3n) is 3.68.